The summed E-state index contributed by atoms with van der Waals surface area (Å²) in [5.74, 6) is 0. The van der Waals surface area contributed by atoms with Gasteiger partial charge >= 0.3 is 0 Å². The van der Waals surface area contributed by atoms with Gasteiger partial charge in [0, 0.05) is 30.5 Å². The SMILES string of the molecule is CC[NH+]1CCC(Nc2ccc(S(=O)(=O)NC(C)(C)C)cc2[N+](=O)[O-])CC1. The molecule has 0 saturated carbocycles. The number of benzene rings is 1. The predicted octanol–water partition coefficient (Wildman–Crippen LogP) is 1.15. The number of anilines is 1. The first-order valence-electron chi connectivity index (χ1n) is 8.94. The number of piperidine rings is 1. The number of rotatable bonds is 6. The van der Waals surface area contributed by atoms with E-state index in [1.807, 2.05) is 0 Å². The van der Waals surface area contributed by atoms with Crippen LogP contribution in [-0.4, -0.2) is 44.6 Å². The second-order valence-electron chi connectivity index (χ2n) is 7.81. The molecule has 1 aromatic rings. The molecule has 0 bridgehead atoms. The highest BCUT2D eigenvalue weighted by Crippen LogP contribution is 2.29. The predicted molar refractivity (Wildman–Crippen MR) is 101 cm³/mol. The van der Waals surface area contributed by atoms with Gasteiger partial charge in [-0.3, -0.25) is 10.1 Å². The Morgan fingerprint density at radius 2 is 1.88 bits per heavy atom. The van der Waals surface area contributed by atoms with Crippen LogP contribution in [-0.2, 0) is 10.0 Å². The van der Waals surface area contributed by atoms with E-state index in [0.717, 1.165) is 38.5 Å². The topological polar surface area (TPSA) is 106 Å². The van der Waals surface area contributed by atoms with Crippen molar-refractivity contribution in [2.45, 2.75) is 57.0 Å². The minimum Gasteiger partial charge on any atom is -0.376 e. The molecule has 0 amide bonds. The van der Waals surface area contributed by atoms with Gasteiger partial charge in [-0.15, -0.1) is 0 Å². The number of nitro groups is 1. The van der Waals surface area contributed by atoms with Gasteiger partial charge in [0.25, 0.3) is 5.69 Å². The minimum atomic E-state index is -3.82. The third kappa shape index (κ3) is 5.39. The van der Waals surface area contributed by atoms with E-state index in [-0.39, 0.29) is 16.6 Å². The lowest BCUT2D eigenvalue weighted by molar-refractivity contribution is -0.903. The van der Waals surface area contributed by atoms with E-state index in [9.17, 15) is 18.5 Å². The number of hydrogen-bond acceptors (Lipinski definition) is 5. The maximum Gasteiger partial charge on any atom is 0.293 e. The van der Waals surface area contributed by atoms with Crippen molar-refractivity contribution < 1.29 is 18.2 Å². The fraction of sp³-hybridized carbons (Fsp3) is 0.647. The summed E-state index contributed by atoms with van der Waals surface area (Å²) in [5, 5.41) is 14.7. The van der Waals surface area contributed by atoms with Gasteiger partial charge in [0.05, 0.1) is 29.5 Å². The smallest absolute Gasteiger partial charge is 0.293 e. The Labute approximate surface area is 155 Å². The number of nitro benzene ring substituents is 1. The lowest BCUT2D eigenvalue weighted by Gasteiger charge is -2.29. The van der Waals surface area contributed by atoms with Gasteiger partial charge in [0.2, 0.25) is 10.0 Å². The van der Waals surface area contributed by atoms with Crippen molar-refractivity contribution in [3.63, 3.8) is 0 Å². The molecule has 1 fully saturated rings. The molecule has 2 rings (SSSR count). The van der Waals surface area contributed by atoms with Crippen LogP contribution in [0.25, 0.3) is 0 Å². The first-order valence-corrected chi connectivity index (χ1v) is 10.4. The van der Waals surface area contributed by atoms with Crippen molar-refractivity contribution in [1.82, 2.24) is 4.72 Å². The van der Waals surface area contributed by atoms with E-state index in [1.165, 1.54) is 17.0 Å². The molecule has 26 heavy (non-hydrogen) atoms. The van der Waals surface area contributed by atoms with Crippen molar-refractivity contribution in [2.24, 2.45) is 0 Å². The molecule has 9 heteroatoms. The monoisotopic (exact) mass is 385 g/mol. The van der Waals surface area contributed by atoms with Gasteiger partial charge in [0.1, 0.15) is 5.69 Å². The van der Waals surface area contributed by atoms with Crippen LogP contribution in [0.2, 0.25) is 0 Å². The fourth-order valence-corrected chi connectivity index (χ4v) is 4.60. The molecule has 1 heterocycles. The van der Waals surface area contributed by atoms with E-state index in [0.29, 0.717) is 5.69 Å². The zero-order valence-electron chi connectivity index (χ0n) is 15.8. The minimum absolute atomic E-state index is 0.102. The Balaban J connectivity index is 2.23. The maximum absolute atomic E-state index is 12.4. The van der Waals surface area contributed by atoms with Crippen molar-refractivity contribution in [1.29, 1.82) is 0 Å². The van der Waals surface area contributed by atoms with Gasteiger partial charge in [-0.2, -0.15) is 0 Å². The first kappa shape index (κ1) is 20.6. The Hall–Kier alpha value is -1.71. The number of sulfonamides is 1. The summed E-state index contributed by atoms with van der Waals surface area (Å²) < 4.78 is 27.4. The quantitative estimate of drug-likeness (QED) is 0.503. The Kier molecular flexibility index (Phi) is 6.25. The lowest BCUT2D eigenvalue weighted by atomic mass is 10.0. The number of hydrogen-bond donors (Lipinski definition) is 3. The van der Waals surface area contributed by atoms with E-state index in [4.69, 9.17) is 0 Å². The molecule has 0 aliphatic carbocycles. The van der Waals surface area contributed by atoms with Crippen molar-refractivity contribution >= 4 is 21.4 Å². The van der Waals surface area contributed by atoms with Gasteiger partial charge in [0.15, 0.2) is 0 Å². The third-order valence-electron chi connectivity index (χ3n) is 4.47. The van der Waals surface area contributed by atoms with Crippen LogP contribution in [0.5, 0.6) is 0 Å². The van der Waals surface area contributed by atoms with E-state index < -0.39 is 20.5 Å². The largest absolute Gasteiger partial charge is 0.376 e. The summed E-state index contributed by atoms with van der Waals surface area (Å²) >= 11 is 0. The van der Waals surface area contributed by atoms with Crippen LogP contribution in [0.15, 0.2) is 23.1 Å². The van der Waals surface area contributed by atoms with Gasteiger partial charge in [-0.1, -0.05) is 0 Å². The normalized spacial score (nSPS) is 21.4. The summed E-state index contributed by atoms with van der Waals surface area (Å²) in [6.45, 7) is 10.5. The average Bonchev–Trinajstić information content (AvgIpc) is 2.53. The molecule has 0 radical (unpaired) electrons. The molecule has 8 nitrogen and oxygen atoms in total. The zero-order chi connectivity index (χ0) is 19.5. The van der Waals surface area contributed by atoms with Crippen LogP contribution in [0.1, 0.15) is 40.5 Å². The molecule has 1 aliphatic rings. The zero-order valence-corrected chi connectivity index (χ0v) is 16.6. The van der Waals surface area contributed by atoms with Gasteiger partial charge in [-0.25, -0.2) is 13.1 Å². The Morgan fingerprint density at radius 3 is 2.38 bits per heavy atom. The van der Waals surface area contributed by atoms with Gasteiger partial charge in [-0.05, 0) is 39.8 Å². The highest BCUT2D eigenvalue weighted by Gasteiger charge is 2.27. The van der Waals surface area contributed by atoms with Crippen LogP contribution < -0.4 is 14.9 Å². The molecule has 1 aliphatic heterocycles. The molecule has 1 saturated heterocycles. The molecule has 0 unspecified atom stereocenters. The molecule has 0 aromatic heterocycles. The Bertz CT molecular complexity index is 751. The third-order valence-corrected chi connectivity index (χ3v) is 6.22. The molecular formula is C17H29N4O4S+. The number of nitrogens with one attached hydrogen (secondary N) is 3. The Morgan fingerprint density at radius 1 is 1.27 bits per heavy atom. The first-order chi connectivity index (χ1) is 12.0. The number of quaternary nitrogens is 1. The molecule has 3 N–H and O–H groups in total. The van der Waals surface area contributed by atoms with E-state index >= 15 is 0 Å². The second-order valence-corrected chi connectivity index (χ2v) is 9.50. The highest BCUT2D eigenvalue weighted by atomic mass is 32.2. The van der Waals surface area contributed by atoms with E-state index in [2.05, 4.69) is 17.0 Å². The fourth-order valence-electron chi connectivity index (χ4n) is 3.16. The second kappa shape index (κ2) is 7.89. The summed E-state index contributed by atoms with van der Waals surface area (Å²) in [7, 11) is -3.82. The molecular weight excluding hydrogens is 356 g/mol. The average molecular weight is 386 g/mol. The van der Waals surface area contributed by atoms with Crippen molar-refractivity contribution in [3.05, 3.63) is 28.3 Å². The van der Waals surface area contributed by atoms with Gasteiger partial charge < -0.3 is 10.2 Å². The summed E-state index contributed by atoms with van der Waals surface area (Å²) in [4.78, 5) is 12.4. The molecule has 1 aromatic carbocycles. The van der Waals surface area contributed by atoms with Crippen LogP contribution in [0, 0.1) is 10.1 Å². The standard InChI is InChI=1S/C17H28N4O4S/c1-5-20-10-8-13(9-11-20)18-15-7-6-14(12-16(15)21(22)23)26(24,25)19-17(2,3)4/h6-7,12-13,18-19H,5,8-11H2,1-4H3/p+1. The number of likely N-dealkylation sites (tertiary alicyclic amines) is 1. The van der Waals surface area contributed by atoms with Crippen molar-refractivity contribution in [2.75, 3.05) is 25.0 Å². The van der Waals surface area contributed by atoms with Crippen molar-refractivity contribution in [3.8, 4) is 0 Å². The molecule has 0 atom stereocenters. The van der Waals surface area contributed by atoms with E-state index in [1.54, 1.807) is 20.8 Å². The summed E-state index contributed by atoms with van der Waals surface area (Å²) in [6, 6.07) is 4.20. The summed E-state index contributed by atoms with van der Waals surface area (Å²) in [5.41, 5.74) is -0.512. The highest BCUT2D eigenvalue weighted by molar-refractivity contribution is 7.89. The maximum atomic E-state index is 12.4. The molecule has 0 spiro atoms. The van der Waals surface area contributed by atoms with Crippen LogP contribution >= 0.6 is 0 Å². The van der Waals surface area contributed by atoms with Crippen LogP contribution in [0.4, 0.5) is 11.4 Å². The molecule has 146 valence electrons. The summed E-state index contributed by atoms with van der Waals surface area (Å²) in [6.07, 6.45) is 1.87. The lowest BCUT2D eigenvalue weighted by Crippen LogP contribution is -3.13. The number of nitrogens with zero attached hydrogens (tertiary/aromatic N) is 1. The van der Waals surface area contributed by atoms with Crippen LogP contribution in [0.3, 0.4) is 0 Å².